The van der Waals surface area contributed by atoms with Gasteiger partial charge in [-0.15, -0.1) is 0 Å². The van der Waals surface area contributed by atoms with Crippen molar-refractivity contribution < 1.29 is 28.2 Å². The first-order valence-corrected chi connectivity index (χ1v) is 10.4. The second-order valence-corrected chi connectivity index (χ2v) is 7.30. The van der Waals surface area contributed by atoms with Gasteiger partial charge in [-0.1, -0.05) is 12.1 Å². The number of alkyl halides is 2. The highest BCUT2D eigenvalue weighted by molar-refractivity contribution is 7.07. The number of anilines is 1. The van der Waals surface area contributed by atoms with Crippen LogP contribution in [0, 0.1) is 0 Å². The first kappa shape index (κ1) is 22.5. The van der Waals surface area contributed by atoms with Gasteiger partial charge in [0.15, 0.2) is 0 Å². The molecule has 3 aromatic rings. The molecule has 0 aliphatic rings. The molecule has 31 heavy (non-hydrogen) atoms. The van der Waals surface area contributed by atoms with Crippen molar-refractivity contribution in [2.45, 2.75) is 13.2 Å². The average Bonchev–Trinajstić information content (AvgIpc) is 3.27. The lowest BCUT2D eigenvalue weighted by Gasteiger charge is -2.22. The zero-order valence-electron chi connectivity index (χ0n) is 16.8. The van der Waals surface area contributed by atoms with E-state index in [2.05, 4.69) is 10.1 Å². The molecule has 164 valence electrons. The average molecular weight is 448 g/mol. The van der Waals surface area contributed by atoms with Gasteiger partial charge in [0.1, 0.15) is 11.5 Å². The number of carbonyl (C=O) groups excluding carboxylic acids is 1. The molecule has 6 nitrogen and oxygen atoms in total. The molecule has 0 atom stereocenters. The van der Waals surface area contributed by atoms with Crippen molar-refractivity contribution in [1.82, 2.24) is 4.90 Å². The summed E-state index contributed by atoms with van der Waals surface area (Å²) in [5.41, 5.74) is 2.38. The number of benzene rings is 2. The third-order valence-electron chi connectivity index (χ3n) is 4.46. The number of aliphatic hydroxyl groups is 1. The van der Waals surface area contributed by atoms with Crippen molar-refractivity contribution >= 4 is 23.1 Å². The van der Waals surface area contributed by atoms with E-state index in [4.69, 9.17) is 4.74 Å². The van der Waals surface area contributed by atoms with E-state index >= 15 is 0 Å². The van der Waals surface area contributed by atoms with Gasteiger partial charge in [0.05, 0.1) is 13.7 Å². The number of urea groups is 1. The minimum atomic E-state index is -2.98. The van der Waals surface area contributed by atoms with Crippen molar-refractivity contribution in [3.8, 4) is 22.6 Å². The Bertz CT molecular complexity index is 982. The number of carbonyl (C=O) groups is 1. The van der Waals surface area contributed by atoms with Gasteiger partial charge in [0, 0.05) is 24.3 Å². The van der Waals surface area contributed by atoms with Crippen molar-refractivity contribution in [3.05, 3.63) is 64.9 Å². The number of thiophene rings is 1. The smallest absolute Gasteiger partial charge is 0.387 e. The van der Waals surface area contributed by atoms with Gasteiger partial charge in [-0.3, -0.25) is 0 Å². The zero-order chi connectivity index (χ0) is 22.2. The second kappa shape index (κ2) is 10.7. The standard InChI is InChI=1S/C22H22F2N2O4S/c1-29-18-5-2-16(3-6-18)19-12-17(4-7-20(19)30-21(23)24)25-22(28)26(9-10-27)13-15-8-11-31-14-15/h2-8,11-12,14,21,27H,9-10,13H2,1H3,(H,25,28). The van der Waals surface area contributed by atoms with Crippen LogP contribution in [0.3, 0.4) is 0 Å². The van der Waals surface area contributed by atoms with E-state index < -0.39 is 12.6 Å². The number of hydrogen-bond acceptors (Lipinski definition) is 5. The normalized spacial score (nSPS) is 10.7. The van der Waals surface area contributed by atoms with E-state index in [9.17, 15) is 18.7 Å². The molecular formula is C22H22F2N2O4S. The van der Waals surface area contributed by atoms with E-state index in [-0.39, 0.29) is 18.9 Å². The monoisotopic (exact) mass is 448 g/mol. The molecule has 0 spiro atoms. The number of nitrogens with zero attached hydrogens (tertiary/aromatic N) is 1. The molecule has 1 aromatic heterocycles. The van der Waals surface area contributed by atoms with Crippen LogP contribution in [0.4, 0.5) is 19.3 Å². The van der Waals surface area contributed by atoms with Gasteiger partial charge in [-0.2, -0.15) is 20.1 Å². The number of rotatable bonds is 9. The van der Waals surface area contributed by atoms with Crippen LogP contribution in [-0.4, -0.2) is 42.9 Å². The highest BCUT2D eigenvalue weighted by Crippen LogP contribution is 2.34. The molecule has 0 aliphatic heterocycles. The fourth-order valence-electron chi connectivity index (χ4n) is 2.98. The largest absolute Gasteiger partial charge is 0.497 e. The Morgan fingerprint density at radius 2 is 1.97 bits per heavy atom. The predicted molar refractivity (Wildman–Crippen MR) is 116 cm³/mol. The van der Waals surface area contributed by atoms with Gasteiger partial charge < -0.3 is 24.8 Å². The fourth-order valence-corrected chi connectivity index (χ4v) is 3.64. The van der Waals surface area contributed by atoms with Crippen molar-refractivity contribution in [3.63, 3.8) is 0 Å². The Labute approximate surface area is 182 Å². The molecule has 0 aliphatic carbocycles. The van der Waals surface area contributed by atoms with Gasteiger partial charge in [0.2, 0.25) is 0 Å². The third-order valence-corrected chi connectivity index (χ3v) is 5.19. The number of methoxy groups -OCH3 is 1. The van der Waals surface area contributed by atoms with Crippen LogP contribution in [0.15, 0.2) is 59.3 Å². The summed E-state index contributed by atoms with van der Waals surface area (Å²) < 4.78 is 35.5. The molecule has 2 aromatic carbocycles. The van der Waals surface area contributed by atoms with E-state index in [1.807, 2.05) is 16.8 Å². The number of halogens is 2. The van der Waals surface area contributed by atoms with E-state index in [1.165, 1.54) is 35.5 Å². The summed E-state index contributed by atoms with van der Waals surface area (Å²) >= 11 is 1.52. The van der Waals surface area contributed by atoms with Crippen LogP contribution in [0.1, 0.15) is 5.56 Å². The molecule has 0 fully saturated rings. The summed E-state index contributed by atoms with van der Waals surface area (Å²) in [5.74, 6) is 0.612. The minimum absolute atomic E-state index is 0.0105. The summed E-state index contributed by atoms with van der Waals surface area (Å²) in [6.07, 6.45) is 0. The quantitative estimate of drug-likeness (QED) is 0.481. The van der Waals surface area contributed by atoms with Gasteiger partial charge >= 0.3 is 12.6 Å². The molecule has 3 rings (SSSR count). The molecule has 0 bridgehead atoms. The Kier molecular flexibility index (Phi) is 7.80. The van der Waals surface area contributed by atoms with Gasteiger partial charge in [-0.05, 0) is 58.3 Å². The van der Waals surface area contributed by atoms with E-state index in [0.29, 0.717) is 29.1 Å². The molecule has 0 unspecified atom stereocenters. The zero-order valence-corrected chi connectivity index (χ0v) is 17.6. The van der Waals surface area contributed by atoms with Crippen molar-refractivity contribution in [1.29, 1.82) is 0 Å². The third kappa shape index (κ3) is 6.16. The molecule has 9 heteroatoms. The second-order valence-electron chi connectivity index (χ2n) is 6.52. The van der Waals surface area contributed by atoms with Crippen LogP contribution in [-0.2, 0) is 6.54 Å². The van der Waals surface area contributed by atoms with Crippen LogP contribution in [0.2, 0.25) is 0 Å². The highest BCUT2D eigenvalue weighted by Gasteiger charge is 2.17. The lowest BCUT2D eigenvalue weighted by Crippen LogP contribution is -2.36. The first-order chi connectivity index (χ1) is 15.0. The highest BCUT2D eigenvalue weighted by atomic mass is 32.1. The molecule has 2 N–H and O–H groups in total. The lowest BCUT2D eigenvalue weighted by atomic mass is 10.0. The molecule has 2 amide bonds. The molecular weight excluding hydrogens is 426 g/mol. The number of ether oxygens (including phenoxy) is 2. The van der Waals surface area contributed by atoms with Crippen molar-refractivity contribution in [2.75, 3.05) is 25.6 Å². The number of amides is 2. The molecule has 0 saturated heterocycles. The van der Waals surface area contributed by atoms with E-state index in [1.54, 1.807) is 30.3 Å². The van der Waals surface area contributed by atoms with Crippen molar-refractivity contribution in [2.24, 2.45) is 0 Å². The number of aliphatic hydroxyl groups excluding tert-OH is 1. The van der Waals surface area contributed by atoms with Gasteiger partial charge in [-0.25, -0.2) is 4.79 Å². The maximum atomic E-state index is 12.9. The Morgan fingerprint density at radius 1 is 1.19 bits per heavy atom. The summed E-state index contributed by atoms with van der Waals surface area (Å²) in [5, 5.41) is 15.9. The maximum Gasteiger partial charge on any atom is 0.387 e. The first-order valence-electron chi connectivity index (χ1n) is 9.41. The summed E-state index contributed by atoms with van der Waals surface area (Å²) in [6, 6.07) is 12.8. The Hall–Kier alpha value is -3.17. The molecule has 0 radical (unpaired) electrons. The minimum Gasteiger partial charge on any atom is -0.497 e. The molecule has 0 saturated carbocycles. The Balaban J connectivity index is 1.85. The predicted octanol–water partition coefficient (Wildman–Crippen LogP) is 5.05. The summed E-state index contributed by atoms with van der Waals surface area (Å²) in [4.78, 5) is 14.2. The molecule has 1 heterocycles. The SMILES string of the molecule is COc1ccc(-c2cc(NC(=O)N(CCO)Cc3ccsc3)ccc2OC(F)F)cc1. The van der Waals surface area contributed by atoms with E-state index in [0.717, 1.165) is 5.56 Å². The summed E-state index contributed by atoms with van der Waals surface area (Å²) in [7, 11) is 1.53. The number of nitrogens with one attached hydrogen (secondary N) is 1. The summed E-state index contributed by atoms with van der Waals surface area (Å²) in [6.45, 7) is -2.67. The maximum absolute atomic E-state index is 12.9. The van der Waals surface area contributed by atoms with Crippen LogP contribution < -0.4 is 14.8 Å². The fraction of sp³-hybridized carbons (Fsp3) is 0.227. The topological polar surface area (TPSA) is 71.0 Å². The lowest BCUT2D eigenvalue weighted by molar-refractivity contribution is -0.0494. The number of hydrogen-bond donors (Lipinski definition) is 2. The van der Waals surface area contributed by atoms with Crippen LogP contribution in [0.5, 0.6) is 11.5 Å². The van der Waals surface area contributed by atoms with Crippen LogP contribution in [0.25, 0.3) is 11.1 Å². The van der Waals surface area contributed by atoms with Crippen LogP contribution >= 0.6 is 11.3 Å². The van der Waals surface area contributed by atoms with Gasteiger partial charge in [0.25, 0.3) is 0 Å². The Morgan fingerprint density at radius 3 is 2.58 bits per heavy atom.